The van der Waals surface area contributed by atoms with E-state index < -0.39 is 0 Å². The van der Waals surface area contributed by atoms with E-state index in [0.717, 1.165) is 19.6 Å². The van der Waals surface area contributed by atoms with Crippen molar-refractivity contribution in [1.29, 1.82) is 0 Å². The van der Waals surface area contributed by atoms with Crippen molar-refractivity contribution in [2.75, 3.05) is 13.2 Å². The quantitative estimate of drug-likeness (QED) is 0.611. The van der Waals surface area contributed by atoms with Gasteiger partial charge in [0.15, 0.2) is 0 Å². The molecule has 1 fully saturated rings. The van der Waals surface area contributed by atoms with Crippen molar-refractivity contribution in [3.05, 3.63) is 0 Å². The van der Waals surface area contributed by atoms with Gasteiger partial charge in [-0.3, -0.25) is 4.79 Å². The number of ether oxygens (including phenoxy) is 2. The lowest BCUT2D eigenvalue weighted by atomic mass is 10.3. The normalized spacial score (nSPS) is 17.5. The molecule has 72 valence electrons. The maximum absolute atomic E-state index is 9.55. The minimum atomic E-state index is 0.0810. The molecular formula is C9H18O3. The highest BCUT2D eigenvalue weighted by atomic mass is 16.5. The second kappa shape index (κ2) is 8.53. The van der Waals surface area contributed by atoms with E-state index in [1.54, 1.807) is 0 Å². The fourth-order valence-electron chi connectivity index (χ4n) is 0.701. The van der Waals surface area contributed by atoms with E-state index in [9.17, 15) is 4.79 Å². The molecule has 0 spiro atoms. The standard InChI is InChI=1S/C5H10O2.C4H8O/c1-3-5(2)7-4-6;1-2-4-5-3-1/h4-5H,3H2,1-2H3;1-4H2. The summed E-state index contributed by atoms with van der Waals surface area (Å²) in [5.41, 5.74) is 0. The molecule has 0 bridgehead atoms. The number of rotatable bonds is 3. The van der Waals surface area contributed by atoms with Gasteiger partial charge in [0.1, 0.15) is 0 Å². The lowest BCUT2D eigenvalue weighted by Crippen LogP contribution is -2.03. The van der Waals surface area contributed by atoms with Crippen LogP contribution in [0.1, 0.15) is 33.1 Å². The van der Waals surface area contributed by atoms with Crippen molar-refractivity contribution < 1.29 is 14.3 Å². The first-order valence-electron chi connectivity index (χ1n) is 4.48. The third kappa shape index (κ3) is 7.54. The Labute approximate surface area is 74.0 Å². The molecule has 3 heteroatoms. The average molecular weight is 174 g/mol. The zero-order chi connectivity index (χ0) is 9.23. The third-order valence-corrected chi connectivity index (χ3v) is 1.69. The highest BCUT2D eigenvalue weighted by Crippen LogP contribution is 1.98. The minimum Gasteiger partial charge on any atom is -0.465 e. The molecular weight excluding hydrogens is 156 g/mol. The molecule has 1 saturated heterocycles. The first kappa shape index (κ1) is 11.4. The van der Waals surface area contributed by atoms with Crippen LogP contribution in [0.5, 0.6) is 0 Å². The first-order chi connectivity index (χ1) is 5.81. The zero-order valence-corrected chi connectivity index (χ0v) is 7.91. The Bertz CT molecular complexity index is 92.3. The molecule has 1 atom stereocenters. The van der Waals surface area contributed by atoms with Gasteiger partial charge in [0, 0.05) is 13.2 Å². The zero-order valence-electron chi connectivity index (χ0n) is 7.91. The summed E-state index contributed by atoms with van der Waals surface area (Å²) < 4.78 is 9.45. The molecule has 0 aromatic carbocycles. The van der Waals surface area contributed by atoms with Gasteiger partial charge in [-0.2, -0.15) is 0 Å². The van der Waals surface area contributed by atoms with E-state index in [1.807, 2.05) is 13.8 Å². The Kier molecular flexibility index (Phi) is 8.12. The molecule has 0 radical (unpaired) electrons. The van der Waals surface area contributed by atoms with Crippen molar-refractivity contribution in [3.8, 4) is 0 Å². The van der Waals surface area contributed by atoms with Crippen LogP contribution in [0, 0.1) is 0 Å². The van der Waals surface area contributed by atoms with Gasteiger partial charge in [0.2, 0.25) is 0 Å². The van der Waals surface area contributed by atoms with Crippen LogP contribution in [0.2, 0.25) is 0 Å². The van der Waals surface area contributed by atoms with Crippen molar-refractivity contribution in [2.45, 2.75) is 39.2 Å². The number of carbonyl (C=O) groups is 1. The summed E-state index contributed by atoms with van der Waals surface area (Å²) in [7, 11) is 0. The summed E-state index contributed by atoms with van der Waals surface area (Å²) in [6.45, 7) is 6.30. The lowest BCUT2D eigenvalue weighted by Gasteiger charge is -2.02. The topological polar surface area (TPSA) is 35.5 Å². The van der Waals surface area contributed by atoms with E-state index in [0.29, 0.717) is 6.47 Å². The first-order valence-corrected chi connectivity index (χ1v) is 4.48. The van der Waals surface area contributed by atoms with Crippen molar-refractivity contribution >= 4 is 6.47 Å². The van der Waals surface area contributed by atoms with Crippen LogP contribution in [0.25, 0.3) is 0 Å². The van der Waals surface area contributed by atoms with Gasteiger partial charge in [-0.1, -0.05) is 6.92 Å². The molecule has 1 rings (SSSR count). The van der Waals surface area contributed by atoms with Crippen molar-refractivity contribution in [1.82, 2.24) is 0 Å². The smallest absolute Gasteiger partial charge is 0.293 e. The van der Waals surface area contributed by atoms with Gasteiger partial charge in [0.25, 0.3) is 6.47 Å². The second-order valence-electron chi connectivity index (χ2n) is 2.77. The summed E-state index contributed by atoms with van der Waals surface area (Å²) in [6.07, 6.45) is 3.52. The SMILES string of the molecule is C1CCOC1.CCC(C)OC=O. The molecule has 1 heterocycles. The molecule has 12 heavy (non-hydrogen) atoms. The Hall–Kier alpha value is -0.570. The Morgan fingerprint density at radius 3 is 2.25 bits per heavy atom. The summed E-state index contributed by atoms with van der Waals surface area (Å²) >= 11 is 0. The fraction of sp³-hybridized carbons (Fsp3) is 0.889. The Morgan fingerprint density at radius 1 is 1.50 bits per heavy atom. The lowest BCUT2D eigenvalue weighted by molar-refractivity contribution is -0.132. The van der Waals surface area contributed by atoms with Crippen LogP contribution in [-0.2, 0) is 14.3 Å². The predicted octanol–water partition coefficient (Wildman–Crippen LogP) is 1.75. The van der Waals surface area contributed by atoms with Crippen molar-refractivity contribution in [2.24, 2.45) is 0 Å². The summed E-state index contributed by atoms with van der Waals surface area (Å²) in [5.74, 6) is 0. The predicted molar refractivity (Wildman–Crippen MR) is 47.0 cm³/mol. The van der Waals surface area contributed by atoms with Crippen LogP contribution in [0.3, 0.4) is 0 Å². The number of hydrogen-bond donors (Lipinski definition) is 0. The monoisotopic (exact) mass is 174 g/mol. The van der Waals surface area contributed by atoms with E-state index in [4.69, 9.17) is 4.74 Å². The largest absolute Gasteiger partial charge is 0.465 e. The van der Waals surface area contributed by atoms with Gasteiger partial charge >= 0.3 is 0 Å². The highest BCUT2D eigenvalue weighted by molar-refractivity contribution is 5.37. The molecule has 0 amide bonds. The third-order valence-electron chi connectivity index (χ3n) is 1.69. The molecule has 1 aliphatic rings. The molecule has 0 saturated carbocycles. The van der Waals surface area contributed by atoms with Crippen LogP contribution in [0.15, 0.2) is 0 Å². The molecule has 0 aliphatic carbocycles. The van der Waals surface area contributed by atoms with E-state index in [1.165, 1.54) is 12.8 Å². The van der Waals surface area contributed by atoms with Gasteiger partial charge in [-0.05, 0) is 26.2 Å². The number of carbonyl (C=O) groups excluding carboxylic acids is 1. The van der Waals surface area contributed by atoms with Crippen molar-refractivity contribution in [3.63, 3.8) is 0 Å². The van der Waals surface area contributed by atoms with E-state index in [2.05, 4.69) is 4.74 Å². The molecule has 1 unspecified atom stereocenters. The summed E-state index contributed by atoms with van der Waals surface area (Å²) in [6, 6.07) is 0. The molecule has 0 aromatic rings. The maximum atomic E-state index is 9.55. The summed E-state index contributed by atoms with van der Waals surface area (Å²) in [4.78, 5) is 9.55. The number of hydrogen-bond acceptors (Lipinski definition) is 3. The Morgan fingerprint density at radius 2 is 2.08 bits per heavy atom. The highest BCUT2D eigenvalue weighted by Gasteiger charge is 1.94. The Balaban J connectivity index is 0.000000211. The fourth-order valence-corrected chi connectivity index (χ4v) is 0.701. The van der Waals surface area contributed by atoms with Gasteiger partial charge in [0.05, 0.1) is 6.10 Å². The van der Waals surface area contributed by atoms with Crippen LogP contribution in [0.4, 0.5) is 0 Å². The average Bonchev–Trinajstić information content (AvgIpc) is 2.62. The molecule has 3 nitrogen and oxygen atoms in total. The molecule has 1 aliphatic heterocycles. The van der Waals surface area contributed by atoms with Gasteiger partial charge in [-0.15, -0.1) is 0 Å². The summed E-state index contributed by atoms with van der Waals surface area (Å²) in [5, 5.41) is 0. The molecule has 0 aromatic heterocycles. The minimum absolute atomic E-state index is 0.0810. The van der Waals surface area contributed by atoms with Crippen LogP contribution >= 0.6 is 0 Å². The van der Waals surface area contributed by atoms with Crippen LogP contribution in [-0.4, -0.2) is 25.8 Å². The van der Waals surface area contributed by atoms with E-state index >= 15 is 0 Å². The second-order valence-corrected chi connectivity index (χ2v) is 2.77. The molecule has 0 N–H and O–H groups in total. The van der Waals surface area contributed by atoms with Gasteiger partial charge in [-0.25, -0.2) is 0 Å². The van der Waals surface area contributed by atoms with Gasteiger partial charge < -0.3 is 9.47 Å². The van der Waals surface area contributed by atoms with E-state index in [-0.39, 0.29) is 6.10 Å². The van der Waals surface area contributed by atoms with Crippen LogP contribution < -0.4 is 0 Å². The maximum Gasteiger partial charge on any atom is 0.293 e.